The fourth-order valence-electron chi connectivity index (χ4n) is 4.61. The minimum absolute atomic E-state index is 0.0582. The van der Waals surface area contributed by atoms with Crippen molar-refractivity contribution >= 4 is 40.0 Å². The molecular formula is C30H20F2N4O5. The van der Waals surface area contributed by atoms with E-state index in [4.69, 9.17) is 4.74 Å². The van der Waals surface area contributed by atoms with Gasteiger partial charge in [0, 0.05) is 27.6 Å². The number of alkyl halides is 2. The highest BCUT2D eigenvalue weighted by Gasteiger charge is 2.29. The van der Waals surface area contributed by atoms with Crippen LogP contribution in [0.25, 0.3) is 10.9 Å². The standard InChI is InChI=1S/C30H20F2N4O5/c31-29(32)41-25-8-4-3-7-24(25)33-30(39)34-28-22-14-17(10-12-23(22)35-36-28)40-15-16-9-11-20-21(13-16)27(38)19-6-2-1-5-18(19)26(20)37/h1-14,29H,15H2,(H3,33,34,35,36,39). The maximum absolute atomic E-state index is 13.0. The van der Waals surface area contributed by atoms with E-state index in [1.807, 2.05) is 0 Å². The van der Waals surface area contributed by atoms with Crippen LogP contribution in [0.3, 0.4) is 0 Å². The van der Waals surface area contributed by atoms with Crippen LogP contribution in [0.5, 0.6) is 11.5 Å². The largest absolute Gasteiger partial charge is 0.489 e. The molecule has 5 aromatic rings. The summed E-state index contributed by atoms with van der Waals surface area (Å²) in [7, 11) is 0. The Morgan fingerprint density at radius 1 is 0.829 bits per heavy atom. The zero-order chi connectivity index (χ0) is 28.5. The summed E-state index contributed by atoms with van der Waals surface area (Å²) in [4.78, 5) is 38.5. The molecule has 0 saturated carbocycles. The van der Waals surface area contributed by atoms with Crippen molar-refractivity contribution in [3.05, 3.63) is 113 Å². The summed E-state index contributed by atoms with van der Waals surface area (Å²) in [5.41, 5.74) is 2.83. The number of H-pyrrole nitrogens is 1. The second-order valence-electron chi connectivity index (χ2n) is 9.11. The molecule has 9 nitrogen and oxygen atoms in total. The number of hydrogen-bond acceptors (Lipinski definition) is 6. The van der Waals surface area contributed by atoms with Gasteiger partial charge in [-0.25, -0.2) is 4.79 Å². The number of carbonyl (C=O) groups excluding carboxylic acids is 3. The Hall–Kier alpha value is -5.58. The van der Waals surface area contributed by atoms with Crippen molar-refractivity contribution < 1.29 is 32.6 Å². The molecule has 3 N–H and O–H groups in total. The number of urea groups is 1. The van der Waals surface area contributed by atoms with Crippen molar-refractivity contribution in [2.75, 3.05) is 10.6 Å². The molecule has 0 radical (unpaired) electrons. The van der Waals surface area contributed by atoms with Crippen molar-refractivity contribution in [1.29, 1.82) is 0 Å². The number of ketones is 2. The predicted molar refractivity (Wildman–Crippen MR) is 146 cm³/mol. The first-order valence-electron chi connectivity index (χ1n) is 12.4. The first-order valence-corrected chi connectivity index (χ1v) is 12.4. The van der Waals surface area contributed by atoms with Crippen LogP contribution in [-0.2, 0) is 6.61 Å². The molecule has 0 bridgehead atoms. The SMILES string of the molecule is O=C(Nc1ccccc1OC(F)F)Nc1n[nH]c2ccc(OCc3ccc4c(c3)C(=O)c3ccccc3C4=O)cc12. The third kappa shape index (κ3) is 5.08. The number of amides is 2. The van der Waals surface area contributed by atoms with Gasteiger partial charge in [0.25, 0.3) is 0 Å². The average Bonchev–Trinajstić information content (AvgIpc) is 3.37. The molecule has 0 spiro atoms. The lowest BCUT2D eigenvalue weighted by Gasteiger charge is -2.18. The average molecular weight is 555 g/mol. The quantitative estimate of drug-likeness (QED) is 0.217. The molecule has 11 heteroatoms. The highest BCUT2D eigenvalue weighted by Crippen LogP contribution is 2.30. The first kappa shape index (κ1) is 25.7. The summed E-state index contributed by atoms with van der Waals surface area (Å²) in [6, 6.07) is 22.0. The molecule has 1 aliphatic carbocycles. The molecule has 6 rings (SSSR count). The van der Waals surface area contributed by atoms with Gasteiger partial charge in [0.2, 0.25) is 0 Å². The number of aromatic amines is 1. The molecule has 1 heterocycles. The molecule has 0 unspecified atom stereocenters. The first-order chi connectivity index (χ1) is 19.9. The molecule has 41 heavy (non-hydrogen) atoms. The number of hydrogen-bond donors (Lipinski definition) is 3. The van der Waals surface area contributed by atoms with E-state index in [1.165, 1.54) is 18.2 Å². The lowest BCUT2D eigenvalue weighted by atomic mass is 9.83. The minimum atomic E-state index is -3.05. The van der Waals surface area contributed by atoms with Gasteiger partial charge in [0.05, 0.1) is 11.2 Å². The van der Waals surface area contributed by atoms with Gasteiger partial charge in [-0.2, -0.15) is 13.9 Å². The highest BCUT2D eigenvalue weighted by molar-refractivity contribution is 6.28. The van der Waals surface area contributed by atoms with Crippen LogP contribution in [0.2, 0.25) is 0 Å². The number of aromatic nitrogens is 2. The maximum Gasteiger partial charge on any atom is 0.387 e. The van der Waals surface area contributed by atoms with E-state index in [1.54, 1.807) is 66.7 Å². The zero-order valence-electron chi connectivity index (χ0n) is 21.1. The number of halogens is 2. The van der Waals surface area contributed by atoms with Crippen LogP contribution in [0.15, 0.2) is 84.9 Å². The monoisotopic (exact) mass is 554 g/mol. The van der Waals surface area contributed by atoms with Crippen LogP contribution >= 0.6 is 0 Å². The van der Waals surface area contributed by atoms with Gasteiger partial charge in [-0.1, -0.05) is 42.5 Å². The zero-order valence-corrected chi connectivity index (χ0v) is 21.1. The van der Waals surface area contributed by atoms with E-state index in [2.05, 4.69) is 25.6 Å². The van der Waals surface area contributed by atoms with Crippen LogP contribution < -0.4 is 20.1 Å². The van der Waals surface area contributed by atoms with Crippen molar-refractivity contribution in [2.45, 2.75) is 13.2 Å². The maximum atomic E-state index is 13.0. The molecule has 0 saturated heterocycles. The topological polar surface area (TPSA) is 122 Å². The Morgan fingerprint density at radius 3 is 2.32 bits per heavy atom. The molecule has 204 valence electrons. The molecule has 0 aliphatic heterocycles. The highest BCUT2D eigenvalue weighted by atomic mass is 19.3. The van der Waals surface area contributed by atoms with Gasteiger partial charge < -0.3 is 14.8 Å². The van der Waals surface area contributed by atoms with E-state index in [0.29, 0.717) is 44.5 Å². The number of para-hydroxylation sites is 2. The van der Waals surface area contributed by atoms with Gasteiger partial charge in [-0.05, 0) is 48.0 Å². The van der Waals surface area contributed by atoms with Gasteiger partial charge >= 0.3 is 12.6 Å². The van der Waals surface area contributed by atoms with E-state index >= 15 is 0 Å². The number of rotatable bonds is 7. The molecule has 0 fully saturated rings. The number of carbonyl (C=O) groups is 3. The number of nitrogens with one attached hydrogen (secondary N) is 3. The minimum Gasteiger partial charge on any atom is -0.489 e. The van der Waals surface area contributed by atoms with Crippen LogP contribution in [0, 0.1) is 0 Å². The normalized spacial score (nSPS) is 12.2. The summed E-state index contributed by atoms with van der Waals surface area (Å²) >= 11 is 0. The Bertz CT molecular complexity index is 1840. The summed E-state index contributed by atoms with van der Waals surface area (Å²) in [5.74, 6) is 0.0596. The van der Waals surface area contributed by atoms with E-state index in [-0.39, 0.29) is 35.4 Å². The van der Waals surface area contributed by atoms with Crippen LogP contribution in [-0.4, -0.2) is 34.4 Å². The van der Waals surface area contributed by atoms with Gasteiger partial charge in [-0.3, -0.25) is 20.0 Å². The predicted octanol–water partition coefficient (Wildman–Crippen LogP) is 6.16. The van der Waals surface area contributed by atoms with Crippen LogP contribution in [0.1, 0.15) is 37.4 Å². The number of ether oxygens (including phenoxy) is 2. The lowest BCUT2D eigenvalue weighted by molar-refractivity contribution is -0.0493. The second kappa shape index (κ2) is 10.5. The number of nitrogens with zero attached hydrogens (tertiary/aromatic N) is 1. The summed E-state index contributed by atoms with van der Waals surface area (Å²) in [6.07, 6.45) is 0. The van der Waals surface area contributed by atoms with E-state index in [0.717, 1.165) is 0 Å². The lowest BCUT2D eigenvalue weighted by Crippen LogP contribution is -2.21. The summed E-state index contributed by atoms with van der Waals surface area (Å²) in [6.45, 7) is -2.93. The molecule has 2 amide bonds. The van der Waals surface area contributed by atoms with Crippen molar-refractivity contribution in [3.8, 4) is 11.5 Å². The Kier molecular flexibility index (Phi) is 6.60. The molecule has 0 atom stereocenters. The van der Waals surface area contributed by atoms with Gasteiger partial charge in [-0.15, -0.1) is 0 Å². The Balaban J connectivity index is 1.16. The fourth-order valence-corrected chi connectivity index (χ4v) is 4.61. The Morgan fingerprint density at radius 2 is 1.54 bits per heavy atom. The molecule has 4 aromatic carbocycles. The third-order valence-electron chi connectivity index (χ3n) is 6.51. The van der Waals surface area contributed by atoms with Crippen molar-refractivity contribution in [3.63, 3.8) is 0 Å². The number of benzene rings is 4. The summed E-state index contributed by atoms with van der Waals surface area (Å²) in [5, 5.41) is 12.5. The van der Waals surface area contributed by atoms with Gasteiger partial charge in [0.1, 0.15) is 18.1 Å². The van der Waals surface area contributed by atoms with Crippen molar-refractivity contribution in [2.24, 2.45) is 0 Å². The number of fused-ring (bicyclic) bond motifs is 3. The summed E-state index contributed by atoms with van der Waals surface area (Å²) < 4.78 is 35.8. The van der Waals surface area contributed by atoms with Crippen LogP contribution in [0.4, 0.5) is 25.1 Å². The van der Waals surface area contributed by atoms with E-state index in [9.17, 15) is 23.2 Å². The second-order valence-corrected chi connectivity index (χ2v) is 9.11. The van der Waals surface area contributed by atoms with Crippen molar-refractivity contribution in [1.82, 2.24) is 10.2 Å². The molecular weight excluding hydrogens is 534 g/mol. The Labute approximate surface area is 231 Å². The molecule has 1 aliphatic rings. The molecule has 1 aromatic heterocycles. The smallest absolute Gasteiger partial charge is 0.387 e. The van der Waals surface area contributed by atoms with Gasteiger partial charge in [0.15, 0.2) is 17.4 Å². The number of anilines is 2. The third-order valence-corrected chi connectivity index (χ3v) is 6.51. The van der Waals surface area contributed by atoms with E-state index < -0.39 is 12.6 Å². The fraction of sp³-hybridized carbons (Fsp3) is 0.0667.